The van der Waals surface area contributed by atoms with E-state index in [0.717, 1.165) is 32.4 Å². The van der Waals surface area contributed by atoms with Crippen LogP contribution in [0, 0.1) is 0 Å². The van der Waals surface area contributed by atoms with Crippen LogP contribution in [0.25, 0.3) is 0 Å². The molecule has 4 nitrogen and oxygen atoms in total. The standard InChI is InChI=1S/C14H21Cl2N3O/c1-3-6-17-12-10(15)8-11(16)13(18-12)19-14(2)5-4-7-20-9-14/h8H,3-7,9H2,1-2H3,(H2,17,18,19). The highest BCUT2D eigenvalue weighted by molar-refractivity contribution is 6.37. The molecule has 0 aromatic carbocycles. The van der Waals surface area contributed by atoms with Crippen LogP contribution in [0.5, 0.6) is 0 Å². The molecule has 2 rings (SSSR count). The summed E-state index contributed by atoms with van der Waals surface area (Å²) in [6.07, 6.45) is 3.08. The summed E-state index contributed by atoms with van der Waals surface area (Å²) in [5.74, 6) is 1.32. The van der Waals surface area contributed by atoms with Crippen LogP contribution in [0.15, 0.2) is 6.07 Å². The van der Waals surface area contributed by atoms with Gasteiger partial charge in [0.2, 0.25) is 0 Å². The van der Waals surface area contributed by atoms with E-state index in [1.165, 1.54) is 0 Å². The summed E-state index contributed by atoms with van der Waals surface area (Å²) < 4.78 is 5.54. The van der Waals surface area contributed by atoms with E-state index in [4.69, 9.17) is 27.9 Å². The van der Waals surface area contributed by atoms with Crippen LogP contribution in [0.3, 0.4) is 0 Å². The number of pyridine rings is 1. The first kappa shape index (κ1) is 15.7. The number of hydrogen-bond acceptors (Lipinski definition) is 4. The van der Waals surface area contributed by atoms with Crippen molar-refractivity contribution in [3.05, 3.63) is 16.1 Å². The average Bonchev–Trinajstić information content (AvgIpc) is 2.41. The van der Waals surface area contributed by atoms with Gasteiger partial charge < -0.3 is 15.4 Å². The first-order valence-corrected chi connectivity index (χ1v) is 7.75. The van der Waals surface area contributed by atoms with Crippen LogP contribution in [-0.2, 0) is 4.74 Å². The van der Waals surface area contributed by atoms with Crippen molar-refractivity contribution >= 4 is 34.8 Å². The van der Waals surface area contributed by atoms with Gasteiger partial charge in [-0.15, -0.1) is 0 Å². The molecule has 112 valence electrons. The van der Waals surface area contributed by atoms with Gasteiger partial charge in [0.25, 0.3) is 0 Å². The summed E-state index contributed by atoms with van der Waals surface area (Å²) >= 11 is 12.4. The minimum atomic E-state index is -0.134. The molecule has 1 fully saturated rings. The average molecular weight is 318 g/mol. The molecular weight excluding hydrogens is 297 g/mol. The smallest absolute Gasteiger partial charge is 0.147 e. The third-order valence-corrected chi connectivity index (χ3v) is 3.91. The summed E-state index contributed by atoms with van der Waals surface area (Å²) in [6, 6.07) is 1.73. The van der Waals surface area contributed by atoms with Crippen molar-refractivity contribution in [2.45, 2.75) is 38.6 Å². The molecule has 20 heavy (non-hydrogen) atoms. The molecule has 0 bridgehead atoms. The maximum atomic E-state index is 6.24. The van der Waals surface area contributed by atoms with Crippen LogP contribution in [0.4, 0.5) is 11.6 Å². The largest absolute Gasteiger partial charge is 0.379 e. The van der Waals surface area contributed by atoms with Crippen molar-refractivity contribution < 1.29 is 4.74 Å². The van der Waals surface area contributed by atoms with Gasteiger partial charge in [-0.25, -0.2) is 4.98 Å². The number of aromatic nitrogens is 1. The molecule has 0 aliphatic carbocycles. The number of halogens is 2. The van der Waals surface area contributed by atoms with E-state index in [9.17, 15) is 0 Å². The molecule has 1 atom stereocenters. The van der Waals surface area contributed by atoms with E-state index >= 15 is 0 Å². The molecule has 1 aromatic rings. The van der Waals surface area contributed by atoms with Crippen molar-refractivity contribution in [1.29, 1.82) is 0 Å². The predicted molar refractivity (Wildman–Crippen MR) is 85.1 cm³/mol. The van der Waals surface area contributed by atoms with Crippen molar-refractivity contribution in [3.8, 4) is 0 Å². The number of ether oxygens (including phenoxy) is 1. The molecular formula is C14H21Cl2N3O. The minimum Gasteiger partial charge on any atom is -0.379 e. The zero-order valence-electron chi connectivity index (χ0n) is 11.9. The molecule has 0 saturated carbocycles. The highest BCUT2D eigenvalue weighted by Gasteiger charge is 2.28. The Morgan fingerprint density at radius 2 is 2.10 bits per heavy atom. The number of nitrogens with one attached hydrogen (secondary N) is 2. The third-order valence-electron chi connectivity index (χ3n) is 3.33. The van der Waals surface area contributed by atoms with Gasteiger partial charge in [-0.2, -0.15) is 0 Å². The number of rotatable bonds is 5. The van der Waals surface area contributed by atoms with Crippen LogP contribution >= 0.6 is 23.2 Å². The molecule has 1 saturated heterocycles. The van der Waals surface area contributed by atoms with Crippen LogP contribution in [-0.4, -0.2) is 30.3 Å². The second kappa shape index (κ2) is 6.83. The maximum absolute atomic E-state index is 6.24. The highest BCUT2D eigenvalue weighted by Crippen LogP contribution is 2.32. The highest BCUT2D eigenvalue weighted by atomic mass is 35.5. The molecule has 0 spiro atoms. The Hall–Kier alpha value is -0.710. The van der Waals surface area contributed by atoms with Gasteiger partial charge in [0, 0.05) is 13.2 Å². The minimum absolute atomic E-state index is 0.134. The van der Waals surface area contributed by atoms with Crippen molar-refractivity contribution in [2.24, 2.45) is 0 Å². The van der Waals surface area contributed by atoms with Crippen molar-refractivity contribution in [3.63, 3.8) is 0 Å². The normalized spacial score (nSPS) is 22.6. The molecule has 0 amide bonds. The summed E-state index contributed by atoms with van der Waals surface area (Å²) in [7, 11) is 0. The van der Waals surface area contributed by atoms with Gasteiger partial charge in [-0.3, -0.25) is 0 Å². The van der Waals surface area contributed by atoms with Crippen LogP contribution in [0.1, 0.15) is 33.1 Å². The molecule has 1 unspecified atom stereocenters. The fourth-order valence-electron chi connectivity index (χ4n) is 2.24. The number of hydrogen-bond donors (Lipinski definition) is 2. The lowest BCUT2D eigenvalue weighted by atomic mass is 9.95. The molecule has 1 aromatic heterocycles. The third kappa shape index (κ3) is 3.90. The Morgan fingerprint density at radius 1 is 1.35 bits per heavy atom. The predicted octanol–water partition coefficient (Wildman–Crippen LogP) is 4.19. The SMILES string of the molecule is CCCNc1nc(NC2(C)CCCOC2)c(Cl)cc1Cl. The summed E-state index contributed by atoms with van der Waals surface area (Å²) in [4.78, 5) is 4.51. The second-order valence-electron chi connectivity index (χ2n) is 5.42. The van der Waals surface area contributed by atoms with Gasteiger partial charge in [0.15, 0.2) is 0 Å². The lowest BCUT2D eigenvalue weighted by Crippen LogP contribution is -2.43. The summed E-state index contributed by atoms with van der Waals surface area (Å²) in [6.45, 7) is 6.52. The number of anilines is 2. The second-order valence-corrected chi connectivity index (χ2v) is 6.23. The van der Waals surface area contributed by atoms with Gasteiger partial charge in [-0.05, 0) is 32.3 Å². The summed E-state index contributed by atoms with van der Waals surface area (Å²) in [5.41, 5.74) is -0.134. The van der Waals surface area contributed by atoms with E-state index in [0.29, 0.717) is 28.3 Å². The molecule has 0 radical (unpaired) electrons. The Bertz CT molecular complexity index is 462. The summed E-state index contributed by atoms with van der Waals surface area (Å²) in [5, 5.41) is 7.68. The van der Waals surface area contributed by atoms with Crippen LogP contribution in [0.2, 0.25) is 10.0 Å². The fraction of sp³-hybridized carbons (Fsp3) is 0.643. The molecule has 2 heterocycles. The molecule has 1 aliphatic rings. The molecule has 1 aliphatic heterocycles. The zero-order chi connectivity index (χ0) is 14.6. The lowest BCUT2D eigenvalue weighted by Gasteiger charge is -2.35. The van der Waals surface area contributed by atoms with E-state index in [-0.39, 0.29) is 5.54 Å². The quantitative estimate of drug-likeness (QED) is 0.854. The zero-order valence-corrected chi connectivity index (χ0v) is 13.4. The van der Waals surface area contributed by atoms with E-state index in [1.807, 2.05) is 0 Å². The number of nitrogens with zero attached hydrogens (tertiary/aromatic N) is 1. The van der Waals surface area contributed by atoms with E-state index < -0.39 is 0 Å². The first-order chi connectivity index (χ1) is 9.54. The first-order valence-electron chi connectivity index (χ1n) is 7.00. The monoisotopic (exact) mass is 317 g/mol. The topological polar surface area (TPSA) is 46.2 Å². The maximum Gasteiger partial charge on any atom is 0.147 e. The van der Waals surface area contributed by atoms with E-state index in [1.54, 1.807) is 6.07 Å². The Balaban J connectivity index is 2.17. The van der Waals surface area contributed by atoms with Gasteiger partial charge in [0.1, 0.15) is 11.6 Å². The van der Waals surface area contributed by atoms with Crippen molar-refractivity contribution in [1.82, 2.24) is 4.98 Å². The van der Waals surface area contributed by atoms with E-state index in [2.05, 4.69) is 29.5 Å². The van der Waals surface area contributed by atoms with Crippen LogP contribution < -0.4 is 10.6 Å². The fourth-order valence-corrected chi connectivity index (χ4v) is 2.71. The molecule has 2 N–H and O–H groups in total. The lowest BCUT2D eigenvalue weighted by molar-refractivity contribution is 0.0539. The molecule has 6 heteroatoms. The van der Waals surface area contributed by atoms with Gasteiger partial charge >= 0.3 is 0 Å². The van der Waals surface area contributed by atoms with Crippen molar-refractivity contribution in [2.75, 3.05) is 30.4 Å². The Morgan fingerprint density at radius 3 is 2.75 bits per heavy atom. The Labute approximate surface area is 130 Å². The Kier molecular flexibility index (Phi) is 5.35. The van der Waals surface area contributed by atoms with Gasteiger partial charge in [0.05, 0.1) is 22.2 Å². The van der Waals surface area contributed by atoms with Gasteiger partial charge in [-0.1, -0.05) is 30.1 Å².